The maximum Gasteiger partial charge on any atom is 0.408 e. The van der Waals surface area contributed by atoms with Crippen LogP contribution in [0.1, 0.15) is 30.9 Å². The molecule has 1 unspecified atom stereocenters. The van der Waals surface area contributed by atoms with Crippen molar-refractivity contribution in [1.29, 1.82) is 0 Å². The summed E-state index contributed by atoms with van der Waals surface area (Å²) in [6.45, 7) is 4.36. The molecule has 1 atom stereocenters. The van der Waals surface area contributed by atoms with Gasteiger partial charge in [-0.1, -0.05) is 38.1 Å². The van der Waals surface area contributed by atoms with Gasteiger partial charge in [-0.2, -0.15) is 5.10 Å². The highest BCUT2D eigenvalue weighted by molar-refractivity contribution is 5.77. The maximum atomic E-state index is 11.8. The summed E-state index contributed by atoms with van der Waals surface area (Å²) in [5.41, 5.74) is 2.11. The number of carbonyl (C=O) groups is 2. The fourth-order valence-corrected chi connectivity index (χ4v) is 2.03. The minimum Gasteiger partial charge on any atom is -0.478 e. The molecule has 0 aliphatic carbocycles. The molecule has 0 spiro atoms. The van der Waals surface area contributed by atoms with Crippen LogP contribution in [-0.2, 0) is 22.6 Å². The number of aromatic nitrogens is 3. The topological polar surface area (TPSA) is 106 Å². The second-order valence-corrected chi connectivity index (χ2v) is 5.60. The maximum absolute atomic E-state index is 11.8. The monoisotopic (exact) mass is 332 g/mol. The molecular formula is C16H20N4O4. The predicted octanol–water partition coefficient (Wildman–Crippen LogP) is 1.78. The molecule has 2 rings (SSSR count). The van der Waals surface area contributed by atoms with Crippen molar-refractivity contribution in [2.45, 2.75) is 39.0 Å². The molecule has 0 bridgehead atoms. The highest BCUT2D eigenvalue weighted by Gasteiger charge is 2.23. The lowest BCUT2D eigenvalue weighted by molar-refractivity contribution is -0.147. The van der Waals surface area contributed by atoms with Gasteiger partial charge in [0, 0.05) is 6.54 Å². The van der Waals surface area contributed by atoms with Gasteiger partial charge in [-0.05, 0) is 17.0 Å². The number of amides is 1. The van der Waals surface area contributed by atoms with Crippen LogP contribution in [-0.4, -0.2) is 38.0 Å². The molecular weight excluding hydrogens is 312 g/mol. The number of carboxylic acids is 1. The summed E-state index contributed by atoms with van der Waals surface area (Å²) < 4.78 is 6.22. The Bertz CT molecular complexity index is 668. The van der Waals surface area contributed by atoms with Crippen LogP contribution in [0.2, 0.25) is 0 Å². The van der Waals surface area contributed by atoms with E-state index in [2.05, 4.69) is 29.2 Å². The number of rotatable bonds is 7. The van der Waals surface area contributed by atoms with E-state index in [0.717, 1.165) is 5.56 Å². The molecule has 2 N–H and O–H groups in total. The lowest BCUT2D eigenvalue weighted by Gasteiger charge is -2.14. The van der Waals surface area contributed by atoms with Gasteiger partial charge in [-0.25, -0.2) is 19.3 Å². The molecule has 0 aliphatic heterocycles. The summed E-state index contributed by atoms with van der Waals surface area (Å²) in [6.07, 6.45) is 0.498. The summed E-state index contributed by atoms with van der Waals surface area (Å²) in [6, 6.07) is 7.83. The fraction of sp³-hybridized carbons (Fsp3) is 0.375. The summed E-state index contributed by atoms with van der Waals surface area (Å²) >= 11 is 0. The lowest BCUT2D eigenvalue weighted by Crippen LogP contribution is -2.36. The van der Waals surface area contributed by atoms with Crippen molar-refractivity contribution in [2.75, 3.05) is 0 Å². The second kappa shape index (κ2) is 8.09. The van der Waals surface area contributed by atoms with Gasteiger partial charge in [0.2, 0.25) is 6.10 Å². The third kappa shape index (κ3) is 5.08. The predicted molar refractivity (Wildman–Crippen MR) is 85.3 cm³/mol. The highest BCUT2D eigenvalue weighted by atomic mass is 16.6. The molecule has 0 saturated heterocycles. The first-order valence-corrected chi connectivity index (χ1v) is 7.54. The Labute approximate surface area is 139 Å². The van der Waals surface area contributed by atoms with Crippen LogP contribution in [0.25, 0.3) is 0 Å². The SMILES string of the molecule is CC(C)c1ccc(CNC(=O)OC(Cn2cncn2)C(=O)O)cc1. The molecule has 0 radical (unpaired) electrons. The average Bonchev–Trinajstić information content (AvgIpc) is 3.05. The van der Waals surface area contributed by atoms with Gasteiger partial charge in [0.25, 0.3) is 0 Å². The van der Waals surface area contributed by atoms with Gasteiger partial charge in [0.15, 0.2) is 0 Å². The van der Waals surface area contributed by atoms with E-state index in [1.807, 2.05) is 24.3 Å². The van der Waals surface area contributed by atoms with Crippen LogP contribution in [0.15, 0.2) is 36.9 Å². The molecule has 0 aliphatic rings. The fourth-order valence-electron chi connectivity index (χ4n) is 2.03. The summed E-state index contributed by atoms with van der Waals surface area (Å²) in [5.74, 6) is -0.813. The molecule has 24 heavy (non-hydrogen) atoms. The summed E-state index contributed by atoms with van der Waals surface area (Å²) in [5, 5.41) is 15.5. The first kappa shape index (κ1) is 17.5. The Morgan fingerprint density at radius 1 is 1.29 bits per heavy atom. The zero-order valence-corrected chi connectivity index (χ0v) is 13.5. The Balaban J connectivity index is 1.85. The van der Waals surface area contributed by atoms with Gasteiger partial charge in [-0.3, -0.25) is 0 Å². The van der Waals surface area contributed by atoms with Crippen LogP contribution in [0.3, 0.4) is 0 Å². The van der Waals surface area contributed by atoms with Gasteiger partial charge in [0.1, 0.15) is 12.7 Å². The van der Waals surface area contributed by atoms with Crippen LogP contribution < -0.4 is 5.32 Å². The van der Waals surface area contributed by atoms with Gasteiger partial charge >= 0.3 is 12.1 Å². The van der Waals surface area contributed by atoms with Crippen molar-refractivity contribution in [3.63, 3.8) is 0 Å². The van der Waals surface area contributed by atoms with Crippen molar-refractivity contribution in [2.24, 2.45) is 0 Å². The highest BCUT2D eigenvalue weighted by Crippen LogP contribution is 2.14. The van der Waals surface area contributed by atoms with E-state index >= 15 is 0 Å². The van der Waals surface area contributed by atoms with E-state index in [-0.39, 0.29) is 13.1 Å². The van der Waals surface area contributed by atoms with E-state index < -0.39 is 18.2 Å². The van der Waals surface area contributed by atoms with E-state index in [4.69, 9.17) is 9.84 Å². The number of nitrogens with zero attached hydrogens (tertiary/aromatic N) is 3. The van der Waals surface area contributed by atoms with E-state index in [0.29, 0.717) is 5.92 Å². The van der Waals surface area contributed by atoms with Crippen LogP contribution in [0.4, 0.5) is 4.79 Å². The third-order valence-electron chi connectivity index (χ3n) is 3.43. The zero-order chi connectivity index (χ0) is 17.5. The number of aliphatic carboxylic acids is 1. The number of ether oxygens (including phenoxy) is 1. The minimum absolute atomic E-state index is 0.105. The van der Waals surface area contributed by atoms with Crippen molar-refractivity contribution in [3.8, 4) is 0 Å². The summed E-state index contributed by atoms with van der Waals surface area (Å²) in [7, 11) is 0. The van der Waals surface area contributed by atoms with Gasteiger partial charge < -0.3 is 15.2 Å². The molecule has 128 valence electrons. The quantitative estimate of drug-likeness (QED) is 0.800. The molecule has 8 nitrogen and oxygen atoms in total. The molecule has 8 heteroatoms. The molecule has 0 fully saturated rings. The number of alkyl carbamates (subject to hydrolysis) is 1. The Morgan fingerprint density at radius 2 is 2.00 bits per heavy atom. The molecule has 1 aromatic heterocycles. The van der Waals surface area contributed by atoms with Crippen LogP contribution >= 0.6 is 0 Å². The standard InChI is InChI=1S/C16H20N4O4/c1-11(2)13-5-3-12(4-6-13)7-18-16(23)24-14(15(21)22)8-20-10-17-9-19-20/h3-6,9-11,14H,7-8H2,1-2H3,(H,18,23)(H,21,22). The zero-order valence-electron chi connectivity index (χ0n) is 13.5. The van der Waals surface area contributed by atoms with Crippen LogP contribution in [0, 0.1) is 0 Å². The normalized spacial score (nSPS) is 12.0. The smallest absolute Gasteiger partial charge is 0.408 e. The number of benzene rings is 1. The van der Waals surface area contributed by atoms with E-state index in [1.165, 1.54) is 22.9 Å². The number of hydrogen-bond acceptors (Lipinski definition) is 5. The van der Waals surface area contributed by atoms with E-state index in [9.17, 15) is 9.59 Å². The molecule has 1 amide bonds. The largest absolute Gasteiger partial charge is 0.478 e. The Kier molecular flexibility index (Phi) is 5.89. The van der Waals surface area contributed by atoms with Crippen molar-refractivity contribution in [1.82, 2.24) is 20.1 Å². The summed E-state index contributed by atoms with van der Waals surface area (Å²) in [4.78, 5) is 26.7. The first-order valence-electron chi connectivity index (χ1n) is 7.54. The average molecular weight is 332 g/mol. The Morgan fingerprint density at radius 3 is 2.54 bits per heavy atom. The number of hydrogen-bond donors (Lipinski definition) is 2. The van der Waals surface area contributed by atoms with Gasteiger partial charge in [0.05, 0.1) is 6.54 Å². The van der Waals surface area contributed by atoms with Crippen LogP contribution in [0.5, 0.6) is 0 Å². The minimum atomic E-state index is -1.34. The molecule has 1 aromatic carbocycles. The first-order chi connectivity index (χ1) is 11.5. The van der Waals surface area contributed by atoms with Crippen molar-refractivity contribution in [3.05, 3.63) is 48.0 Å². The van der Waals surface area contributed by atoms with Crippen molar-refractivity contribution < 1.29 is 19.4 Å². The van der Waals surface area contributed by atoms with Crippen molar-refractivity contribution >= 4 is 12.1 Å². The number of nitrogens with one attached hydrogen (secondary N) is 1. The number of carbonyl (C=O) groups excluding carboxylic acids is 1. The third-order valence-corrected chi connectivity index (χ3v) is 3.43. The molecule has 1 heterocycles. The second-order valence-electron chi connectivity index (χ2n) is 5.60. The number of carboxylic acid groups (broad SMARTS) is 1. The lowest BCUT2D eigenvalue weighted by atomic mass is 10.0. The van der Waals surface area contributed by atoms with Gasteiger partial charge in [-0.15, -0.1) is 0 Å². The molecule has 2 aromatic rings. The molecule has 0 saturated carbocycles. The van der Waals surface area contributed by atoms with E-state index in [1.54, 1.807) is 0 Å². The Hall–Kier alpha value is -2.90.